The van der Waals surface area contributed by atoms with Crippen LogP contribution < -0.4 is 5.73 Å². The zero-order valence-electron chi connectivity index (χ0n) is 7.66. The topological polar surface area (TPSA) is 66.0 Å². The van der Waals surface area contributed by atoms with E-state index >= 15 is 0 Å². The molecule has 0 saturated carbocycles. The van der Waals surface area contributed by atoms with Crippen LogP contribution in [0.3, 0.4) is 0 Å². The Morgan fingerprint density at radius 1 is 1.77 bits per heavy atom. The SMILES string of the molecule is CN(CCC(=N)N)Cc1cscn1. The number of nitrogens with zero attached hydrogens (tertiary/aromatic N) is 2. The van der Waals surface area contributed by atoms with Gasteiger partial charge in [-0.25, -0.2) is 4.98 Å². The van der Waals surface area contributed by atoms with Gasteiger partial charge in [-0.2, -0.15) is 0 Å². The van der Waals surface area contributed by atoms with E-state index in [1.165, 1.54) is 0 Å². The van der Waals surface area contributed by atoms with Crippen LogP contribution >= 0.6 is 11.3 Å². The summed E-state index contributed by atoms with van der Waals surface area (Å²) in [5.41, 5.74) is 8.16. The fourth-order valence-electron chi connectivity index (χ4n) is 0.983. The van der Waals surface area contributed by atoms with E-state index in [-0.39, 0.29) is 5.84 Å². The van der Waals surface area contributed by atoms with Gasteiger partial charge in [0.05, 0.1) is 17.0 Å². The largest absolute Gasteiger partial charge is 0.388 e. The van der Waals surface area contributed by atoms with Crippen LogP contribution in [0.1, 0.15) is 12.1 Å². The Morgan fingerprint density at radius 3 is 3.08 bits per heavy atom. The van der Waals surface area contributed by atoms with Crippen LogP contribution in [0, 0.1) is 5.41 Å². The van der Waals surface area contributed by atoms with Crippen molar-refractivity contribution in [2.24, 2.45) is 5.73 Å². The molecular weight excluding hydrogens is 184 g/mol. The first kappa shape index (κ1) is 10.1. The van der Waals surface area contributed by atoms with E-state index in [4.69, 9.17) is 11.1 Å². The van der Waals surface area contributed by atoms with Gasteiger partial charge < -0.3 is 10.6 Å². The van der Waals surface area contributed by atoms with Crippen molar-refractivity contribution in [2.75, 3.05) is 13.6 Å². The highest BCUT2D eigenvalue weighted by Gasteiger charge is 2.01. The van der Waals surface area contributed by atoms with E-state index in [0.29, 0.717) is 6.42 Å². The van der Waals surface area contributed by atoms with Gasteiger partial charge in [0.15, 0.2) is 0 Å². The molecule has 0 bridgehead atoms. The van der Waals surface area contributed by atoms with Gasteiger partial charge >= 0.3 is 0 Å². The number of thiazole rings is 1. The van der Waals surface area contributed by atoms with Crippen LogP contribution in [-0.2, 0) is 6.54 Å². The Bertz CT molecular complexity index is 257. The minimum Gasteiger partial charge on any atom is -0.388 e. The molecule has 0 radical (unpaired) electrons. The zero-order valence-corrected chi connectivity index (χ0v) is 8.47. The van der Waals surface area contributed by atoms with Gasteiger partial charge in [0.1, 0.15) is 0 Å². The molecular formula is C8H14N4S. The first-order chi connectivity index (χ1) is 6.18. The van der Waals surface area contributed by atoms with Crippen LogP contribution in [0.5, 0.6) is 0 Å². The molecule has 0 amide bonds. The average molecular weight is 198 g/mol. The zero-order chi connectivity index (χ0) is 9.68. The molecule has 4 nitrogen and oxygen atoms in total. The fraction of sp³-hybridized carbons (Fsp3) is 0.500. The molecule has 0 unspecified atom stereocenters. The fourth-order valence-corrected chi connectivity index (χ4v) is 1.53. The Balaban J connectivity index is 2.25. The molecule has 0 spiro atoms. The third kappa shape index (κ3) is 4.00. The molecule has 0 saturated heterocycles. The maximum Gasteiger partial charge on any atom is 0.0918 e. The Hall–Kier alpha value is -0.940. The van der Waals surface area contributed by atoms with E-state index in [1.54, 1.807) is 11.3 Å². The lowest BCUT2D eigenvalue weighted by molar-refractivity contribution is 0.333. The van der Waals surface area contributed by atoms with Gasteiger partial charge in [0, 0.05) is 24.9 Å². The number of amidine groups is 1. The summed E-state index contributed by atoms with van der Waals surface area (Å²) in [6, 6.07) is 0. The lowest BCUT2D eigenvalue weighted by Crippen LogP contribution is -2.23. The monoisotopic (exact) mass is 198 g/mol. The van der Waals surface area contributed by atoms with Crippen molar-refractivity contribution in [2.45, 2.75) is 13.0 Å². The number of aromatic nitrogens is 1. The molecule has 1 heterocycles. The van der Waals surface area contributed by atoms with Gasteiger partial charge in [-0.1, -0.05) is 0 Å². The van der Waals surface area contributed by atoms with Gasteiger partial charge in [-0.05, 0) is 7.05 Å². The third-order valence-corrected chi connectivity index (χ3v) is 2.31. The molecule has 1 rings (SSSR count). The molecule has 0 aliphatic heterocycles. The summed E-state index contributed by atoms with van der Waals surface area (Å²) in [5, 5.41) is 9.11. The highest BCUT2D eigenvalue weighted by atomic mass is 32.1. The number of rotatable bonds is 5. The number of hydrogen-bond donors (Lipinski definition) is 2. The van der Waals surface area contributed by atoms with E-state index in [1.807, 2.05) is 17.9 Å². The molecule has 3 N–H and O–H groups in total. The molecule has 0 fully saturated rings. The van der Waals surface area contributed by atoms with Gasteiger partial charge in [-0.15, -0.1) is 11.3 Å². The van der Waals surface area contributed by atoms with Crippen molar-refractivity contribution < 1.29 is 0 Å². The second-order valence-electron chi connectivity index (χ2n) is 2.99. The average Bonchev–Trinajstić information content (AvgIpc) is 2.53. The predicted octanol–water partition coefficient (Wildman–Crippen LogP) is 0.901. The van der Waals surface area contributed by atoms with Crippen LogP contribution in [-0.4, -0.2) is 29.3 Å². The smallest absolute Gasteiger partial charge is 0.0918 e. The number of hydrogen-bond acceptors (Lipinski definition) is 4. The maximum absolute atomic E-state index is 7.07. The Kier molecular flexibility index (Phi) is 3.85. The number of nitrogens with one attached hydrogen (secondary N) is 1. The molecule has 13 heavy (non-hydrogen) atoms. The Morgan fingerprint density at radius 2 is 2.54 bits per heavy atom. The summed E-state index contributed by atoms with van der Waals surface area (Å²) >= 11 is 1.60. The van der Waals surface area contributed by atoms with Crippen molar-refractivity contribution in [1.82, 2.24) is 9.88 Å². The van der Waals surface area contributed by atoms with E-state index in [9.17, 15) is 0 Å². The molecule has 0 atom stereocenters. The lowest BCUT2D eigenvalue weighted by atomic mass is 10.3. The van der Waals surface area contributed by atoms with Crippen LogP contribution in [0.25, 0.3) is 0 Å². The standard InChI is InChI=1S/C8H14N4S/c1-12(3-2-8(9)10)4-7-5-13-6-11-7/h5-6H,2-4H2,1H3,(H3,9,10). The molecule has 72 valence electrons. The minimum absolute atomic E-state index is 0.241. The third-order valence-electron chi connectivity index (χ3n) is 1.68. The first-order valence-electron chi connectivity index (χ1n) is 4.07. The molecule has 5 heteroatoms. The van der Waals surface area contributed by atoms with Crippen molar-refractivity contribution in [1.29, 1.82) is 5.41 Å². The summed E-state index contributed by atoms with van der Waals surface area (Å²) in [6.45, 7) is 1.64. The second kappa shape index (κ2) is 4.94. The van der Waals surface area contributed by atoms with Crippen molar-refractivity contribution in [3.05, 3.63) is 16.6 Å². The Labute approximate surface area is 81.9 Å². The summed E-state index contributed by atoms with van der Waals surface area (Å²) in [4.78, 5) is 6.28. The van der Waals surface area contributed by atoms with Crippen molar-refractivity contribution in [3.63, 3.8) is 0 Å². The van der Waals surface area contributed by atoms with Crippen molar-refractivity contribution >= 4 is 17.2 Å². The van der Waals surface area contributed by atoms with Crippen LogP contribution in [0.4, 0.5) is 0 Å². The second-order valence-corrected chi connectivity index (χ2v) is 3.71. The van der Waals surface area contributed by atoms with E-state index in [2.05, 4.69) is 9.88 Å². The van der Waals surface area contributed by atoms with E-state index in [0.717, 1.165) is 18.8 Å². The first-order valence-corrected chi connectivity index (χ1v) is 5.01. The maximum atomic E-state index is 7.07. The summed E-state index contributed by atoms with van der Waals surface area (Å²) in [5.74, 6) is 0.241. The highest BCUT2D eigenvalue weighted by molar-refractivity contribution is 7.07. The van der Waals surface area contributed by atoms with Crippen LogP contribution in [0.2, 0.25) is 0 Å². The summed E-state index contributed by atoms with van der Waals surface area (Å²) in [6.07, 6.45) is 0.626. The van der Waals surface area contributed by atoms with Crippen molar-refractivity contribution in [3.8, 4) is 0 Å². The van der Waals surface area contributed by atoms with Gasteiger partial charge in [0.2, 0.25) is 0 Å². The highest BCUT2D eigenvalue weighted by Crippen LogP contribution is 2.03. The number of nitrogens with two attached hydrogens (primary N) is 1. The van der Waals surface area contributed by atoms with Gasteiger partial charge in [0.25, 0.3) is 0 Å². The molecule has 1 aromatic rings. The molecule has 0 aromatic carbocycles. The van der Waals surface area contributed by atoms with Gasteiger partial charge in [-0.3, -0.25) is 5.41 Å². The van der Waals surface area contributed by atoms with Crippen LogP contribution in [0.15, 0.2) is 10.9 Å². The predicted molar refractivity (Wildman–Crippen MR) is 55.0 cm³/mol. The minimum atomic E-state index is 0.241. The quantitative estimate of drug-likeness (QED) is 0.545. The van der Waals surface area contributed by atoms with E-state index < -0.39 is 0 Å². The summed E-state index contributed by atoms with van der Waals surface area (Å²) < 4.78 is 0. The molecule has 0 aliphatic carbocycles. The summed E-state index contributed by atoms with van der Waals surface area (Å²) in [7, 11) is 2.00. The molecule has 0 aliphatic rings. The lowest BCUT2D eigenvalue weighted by Gasteiger charge is -2.13. The molecule has 1 aromatic heterocycles. The normalized spacial score (nSPS) is 10.6.